The lowest BCUT2D eigenvalue weighted by Crippen LogP contribution is -2.04. The van der Waals surface area contributed by atoms with Gasteiger partial charge >= 0.3 is 0 Å². The molecule has 1 aromatic heterocycles. The number of aryl methyl sites for hydroxylation is 2. The molecule has 1 heterocycles. The zero-order valence-electron chi connectivity index (χ0n) is 11.0. The second-order valence-electron chi connectivity index (χ2n) is 4.59. The van der Waals surface area contributed by atoms with Crippen molar-refractivity contribution in [3.8, 4) is 0 Å². The van der Waals surface area contributed by atoms with Crippen molar-refractivity contribution in [3.63, 3.8) is 0 Å². The first-order chi connectivity index (χ1) is 8.56. The molecule has 0 aliphatic carbocycles. The fraction of sp³-hybridized carbons (Fsp3) is 0.267. The molecule has 0 spiro atoms. The van der Waals surface area contributed by atoms with Crippen LogP contribution in [0, 0.1) is 13.8 Å². The summed E-state index contributed by atoms with van der Waals surface area (Å²) in [4.78, 5) is 5.65. The van der Waals surface area contributed by atoms with Crippen LogP contribution >= 0.6 is 11.8 Å². The molecule has 18 heavy (non-hydrogen) atoms. The average molecular weight is 258 g/mol. The summed E-state index contributed by atoms with van der Waals surface area (Å²) in [6, 6.07) is 10.6. The second kappa shape index (κ2) is 5.55. The van der Waals surface area contributed by atoms with Gasteiger partial charge in [-0.1, -0.05) is 23.9 Å². The minimum Gasteiger partial charge on any atom is -0.324 e. The van der Waals surface area contributed by atoms with Gasteiger partial charge in [-0.3, -0.25) is 0 Å². The largest absolute Gasteiger partial charge is 0.324 e. The highest BCUT2D eigenvalue weighted by molar-refractivity contribution is 7.99. The van der Waals surface area contributed by atoms with E-state index in [4.69, 9.17) is 5.73 Å². The van der Waals surface area contributed by atoms with E-state index < -0.39 is 0 Å². The summed E-state index contributed by atoms with van der Waals surface area (Å²) in [5.41, 5.74) is 9.56. The summed E-state index contributed by atoms with van der Waals surface area (Å²) in [5.74, 6) is 0. The highest BCUT2D eigenvalue weighted by atomic mass is 32.2. The van der Waals surface area contributed by atoms with Crippen molar-refractivity contribution >= 4 is 11.8 Å². The summed E-state index contributed by atoms with van der Waals surface area (Å²) in [7, 11) is 0. The number of hydrogen-bond donors (Lipinski definition) is 1. The van der Waals surface area contributed by atoms with Gasteiger partial charge in [-0.15, -0.1) is 0 Å². The Bertz CT molecular complexity index is 550. The van der Waals surface area contributed by atoms with Gasteiger partial charge in [-0.2, -0.15) is 0 Å². The predicted molar refractivity (Wildman–Crippen MR) is 76.9 cm³/mol. The number of pyridine rings is 1. The zero-order valence-corrected chi connectivity index (χ0v) is 11.8. The summed E-state index contributed by atoms with van der Waals surface area (Å²) < 4.78 is 0. The number of nitrogens with zero attached hydrogens (tertiary/aromatic N) is 1. The van der Waals surface area contributed by atoms with Crippen LogP contribution in [-0.2, 0) is 0 Å². The first kappa shape index (κ1) is 13.1. The van der Waals surface area contributed by atoms with E-state index in [1.54, 1.807) is 11.8 Å². The second-order valence-corrected chi connectivity index (χ2v) is 5.65. The van der Waals surface area contributed by atoms with E-state index in [9.17, 15) is 0 Å². The average Bonchev–Trinajstić information content (AvgIpc) is 2.34. The lowest BCUT2D eigenvalue weighted by Gasteiger charge is -2.09. The van der Waals surface area contributed by atoms with Gasteiger partial charge in [0, 0.05) is 17.1 Å². The number of aromatic nitrogens is 1. The van der Waals surface area contributed by atoms with Crippen LogP contribution in [0.25, 0.3) is 0 Å². The Balaban J connectivity index is 2.28. The molecule has 0 aliphatic heterocycles. The Kier molecular flexibility index (Phi) is 4.04. The predicted octanol–water partition coefficient (Wildman–Crippen LogP) is 3.87. The maximum Gasteiger partial charge on any atom is 0.101 e. The number of hydrogen-bond acceptors (Lipinski definition) is 3. The zero-order chi connectivity index (χ0) is 13.1. The molecule has 3 heteroatoms. The molecular formula is C15H18N2S. The van der Waals surface area contributed by atoms with Gasteiger partial charge in [-0.05, 0) is 55.7 Å². The molecule has 0 unspecified atom stereocenters. The Morgan fingerprint density at radius 3 is 2.67 bits per heavy atom. The van der Waals surface area contributed by atoms with E-state index >= 15 is 0 Å². The Labute approximate surface area is 113 Å². The molecule has 0 aliphatic rings. The van der Waals surface area contributed by atoms with Gasteiger partial charge in [-0.25, -0.2) is 4.98 Å². The first-order valence-corrected chi connectivity index (χ1v) is 6.84. The van der Waals surface area contributed by atoms with Gasteiger partial charge in [0.05, 0.1) is 0 Å². The molecule has 0 fully saturated rings. The molecule has 0 saturated heterocycles. The summed E-state index contributed by atoms with van der Waals surface area (Å²) in [6.45, 7) is 6.22. The van der Waals surface area contributed by atoms with Crippen LogP contribution in [-0.4, -0.2) is 4.98 Å². The quantitative estimate of drug-likeness (QED) is 0.908. The molecule has 2 aromatic rings. The minimum atomic E-state index is 0.0472. The fourth-order valence-electron chi connectivity index (χ4n) is 1.69. The normalized spacial score (nSPS) is 12.4. The number of rotatable bonds is 3. The molecule has 2 nitrogen and oxygen atoms in total. The Morgan fingerprint density at radius 2 is 1.94 bits per heavy atom. The summed E-state index contributed by atoms with van der Waals surface area (Å²) in [5, 5.41) is 0.999. The van der Waals surface area contributed by atoms with E-state index in [1.807, 2.05) is 19.2 Å². The number of nitrogens with two attached hydrogens (primary N) is 1. The third-order valence-electron chi connectivity index (χ3n) is 2.84. The molecule has 0 radical (unpaired) electrons. The molecule has 2 N–H and O–H groups in total. The standard InChI is InChI=1S/C15H18N2S/c1-10-4-5-11(2)14(8-10)18-15-9-13(12(3)16)6-7-17-15/h4-9,12H,16H2,1-3H3/t12-/m1/s1. The first-order valence-electron chi connectivity index (χ1n) is 6.03. The van der Waals surface area contributed by atoms with Crippen LogP contribution in [0.2, 0.25) is 0 Å². The van der Waals surface area contributed by atoms with Crippen LogP contribution in [0.1, 0.15) is 29.7 Å². The topological polar surface area (TPSA) is 38.9 Å². The lowest BCUT2D eigenvalue weighted by atomic mass is 10.1. The van der Waals surface area contributed by atoms with Crippen molar-refractivity contribution < 1.29 is 0 Å². The monoisotopic (exact) mass is 258 g/mol. The van der Waals surface area contributed by atoms with Crippen LogP contribution in [0.5, 0.6) is 0 Å². The van der Waals surface area contributed by atoms with Crippen molar-refractivity contribution in [1.29, 1.82) is 0 Å². The molecule has 0 saturated carbocycles. The van der Waals surface area contributed by atoms with E-state index in [0.29, 0.717) is 0 Å². The third-order valence-corrected chi connectivity index (χ3v) is 3.93. The van der Waals surface area contributed by atoms with Crippen LogP contribution in [0.4, 0.5) is 0 Å². The minimum absolute atomic E-state index is 0.0472. The lowest BCUT2D eigenvalue weighted by molar-refractivity contribution is 0.808. The summed E-state index contributed by atoms with van der Waals surface area (Å²) in [6.07, 6.45) is 1.83. The Morgan fingerprint density at radius 1 is 1.17 bits per heavy atom. The molecule has 0 amide bonds. The van der Waals surface area contributed by atoms with Crippen LogP contribution in [0.15, 0.2) is 46.5 Å². The van der Waals surface area contributed by atoms with Crippen molar-refractivity contribution in [2.45, 2.75) is 36.7 Å². The molecule has 1 atom stereocenters. The van der Waals surface area contributed by atoms with Gasteiger partial charge in [0.25, 0.3) is 0 Å². The smallest absolute Gasteiger partial charge is 0.101 e. The number of benzene rings is 1. The van der Waals surface area contributed by atoms with Crippen molar-refractivity contribution in [2.75, 3.05) is 0 Å². The highest BCUT2D eigenvalue weighted by Gasteiger charge is 2.05. The SMILES string of the molecule is Cc1ccc(C)c(Sc2cc([C@@H](C)N)ccn2)c1. The molecule has 94 valence electrons. The fourth-order valence-corrected chi connectivity index (χ4v) is 2.70. The van der Waals surface area contributed by atoms with Crippen LogP contribution in [0.3, 0.4) is 0 Å². The maximum atomic E-state index is 5.89. The van der Waals surface area contributed by atoms with E-state index in [-0.39, 0.29) is 6.04 Å². The van der Waals surface area contributed by atoms with E-state index in [2.05, 4.69) is 43.1 Å². The molecule has 1 aromatic carbocycles. The van der Waals surface area contributed by atoms with E-state index in [1.165, 1.54) is 16.0 Å². The van der Waals surface area contributed by atoms with Gasteiger partial charge in [0.15, 0.2) is 0 Å². The van der Waals surface area contributed by atoms with E-state index in [0.717, 1.165) is 10.6 Å². The Hall–Kier alpha value is -1.32. The van der Waals surface area contributed by atoms with Crippen molar-refractivity contribution in [3.05, 3.63) is 53.2 Å². The van der Waals surface area contributed by atoms with Gasteiger partial charge in [0.2, 0.25) is 0 Å². The maximum absolute atomic E-state index is 5.89. The highest BCUT2D eigenvalue weighted by Crippen LogP contribution is 2.30. The molecule has 0 bridgehead atoms. The van der Waals surface area contributed by atoms with Gasteiger partial charge < -0.3 is 5.73 Å². The molecule has 2 rings (SSSR count). The summed E-state index contributed by atoms with van der Waals surface area (Å²) >= 11 is 1.69. The van der Waals surface area contributed by atoms with Gasteiger partial charge in [0.1, 0.15) is 5.03 Å². The van der Waals surface area contributed by atoms with Crippen molar-refractivity contribution in [2.24, 2.45) is 5.73 Å². The molecular weight excluding hydrogens is 240 g/mol. The van der Waals surface area contributed by atoms with Crippen molar-refractivity contribution in [1.82, 2.24) is 4.98 Å². The van der Waals surface area contributed by atoms with Crippen LogP contribution < -0.4 is 5.73 Å². The third kappa shape index (κ3) is 3.12.